The predicted octanol–water partition coefficient (Wildman–Crippen LogP) is -1.19. The Balaban J connectivity index is 0.000000202. The molecule has 12 heavy (non-hydrogen) atoms. The predicted molar refractivity (Wildman–Crippen MR) is 39.2 cm³/mol. The van der Waals surface area contributed by atoms with Gasteiger partial charge in [-0.25, -0.2) is 5.90 Å². The van der Waals surface area contributed by atoms with E-state index in [0.29, 0.717) is 6.42 Å². The monoisotopic (exact) mass is 174 g/mol. The first-order chi connectivity index (χ1) is 5.66. The third-order valence-corrected chi connectivity index (χ3v) is 0.806. The molecule has 1 heterocycles. The van der Waals surface area contributed by atoms with Crippen molar-refractivity contribution >= 4 is 11.9 Å². The molecule has 0 radical (unpaired) electrons. The van der Waals surface area contributed by atoms with Crippen LogP contribution >= 0.6 is 0 Å². The minimum atomic E-state index is -0.558. The SMILES string of the molecule is NOCC(N)=O.O=C1CC=CO1. The lowest BCUT2D eigenvalue weighted by atomic mass is 10.5. The third kappa shape index (κ3) is 6.72. The third-order valence-electron chi connectivity index (χ3n) is 0.806. The van der Waals surface area contributed by atoms with Crippen LogP contribution in [0.5, 0.6) is 0 Å². The van der Waals surface area contributed by atoms with Crippen LogP contribution in [0.15, 0.2) is 12.3 Å². The molecule has 1 aliphatic rings. The van der Waals surface area contributed by atoms with Crippen molar-refractivity contribution in [2.45, 2.75) is 6.42 Å². The molecule has 0 saturated heterocycles. The van der Waals surface area contributed by atoms with Crippen LogP contribution in [0.3, 0.4) is 0 Å². The maximum Gasteiger partial charge on any atom is 0.314 e. The number of carbonyl (C=O) groups excluding carboxylic acids is 2. The standard InChI is InChI=1S/C4H4O2.C2H6N2O2/c5-4-2-1-3-6-4;3-2(5)1-6-4/h1,3H,2H2;1,4H2,(H2,3,5). The van der Waals surface area contributed by atoms with E-state index in [-0.39, 0.29) is 12.6 Å². The van der Waals surface area contributed by atoms with E-state index >= 15 is 0 Å². The van der Waals surface area contributed by atoms with Crippen LogP contribution in [0.25, 0.3) is 0 Å². The molecule has 0 aromatic rings. The highest BCUT2D eigenvalue weighted by Crippen LogP contribution is 1.96. The molecule has 1 rings (SSSR count). The first kappa shape index (κ1) is 10.6. The fourth-order valence-electron chi connectivity index (χ4n) is 0.399. The second-order valence-electron chi connectivity index (χ2n) is 1.84. The van der Waals surface area contributed by atoms with Crippen molar-refractivity contribution in [3.05, 3.63) is 12.3 Å². The minimum Gasteiger partial charge on any atom is -0.435 e. The Bertz CT molecular complexity index is 180. The second kappa shape index (κ2) is 6.32. The van der Waals surface area contributed by atoms with Gasteiger partial charge in [0.25, 0.3) is 0 Å². The fraction of sp³-hybridized carbons (Fsp3) is 0.333. The van der Waals surface area contributed by atoms with Gasteiger partial charge in [0.2, 0.25) is 5.91 Å². The molecular formula is C6H10N2O4. The van der Waals surface area contributed by atoms with E-state index in [9.17, 15) is 9.59 Å². The van der Waals surface area contributed by atoms with E-state index in [0.717, 1.165) is 0 Å². The van der Waals surface area contributed by atoms with Crippen molar-refractivity contribution in [1.29, 1.82) is 0 Å². The molecule has 0 saturated carbocycles. The number of hydrogen-bond acceptors (Lipinski definition) is 5. The Morgan fingerprint density at radius 1 is 1.75 bits per heavy atom. The molecule has 0 aromatic heterocycles. The van der Waals surface area contributed by atoms with E-state index in [1.807, 2.05) is 0 Å². The van der Waals surface area contributed by atoms with Gasteiger partial charge in [0.1, 0.15) is 6.61 Å². The molecule has 6 heteroatoms. The largest absolute Gasteiger partial charge is 0.435 e. The zero-order valence-corrected chi connectivity index (χ0v) is 6.36. The second-order valence-corrected chi connectivity index (χ2v) is 1.84. The van der Waals surface area contributed by atoms with Gasteiger partial charge in [0.15, 0.2) is 0 Å². The lowest BCUT2D eigenvalue weighted by Crippen LogP contribution is -2.20. The normalized spacial score (nSPS) is 13.2. The summed E-state index contributed by atoms with van der Waals surface area (Å²) in [5.41, 5.74) is 4.56. The molecule has 68 valence electrons. The van der Waals surface area contributed by atoms with Gasteiger partial charge in [-0.2, -0.15) is 0 Å². The van der Waals surface area contributed by atoms with E-state index in [2.05, 4.69) is 21.2 Å². The molecule has 0 atom stereocenters. The first-order valence-electron chi connectivity index (χ1n) is 3.11. The Kier molecular flexibility index (Phi) is 5.58. The molecule has 0 fully saturated rings. The molecule has 1 aliphatic heterocycles. The number of nitrogens with two attached hydrogens (primary N) is 2. The first-order valence-corrected chi connectivity index (χ1v) is 3.11. The summed E-state index contributed by atoms with van der Waals surface area (Å²) in [6.07, 6.45) is 3.53. The van der Waals surface area contributed by atoms with E-state index in [4.69, 9.17) is 0 Å². The van der Waals surface area contributed by atoms with Gasteiger partial charge in [-0.15, -0.1) is 0 Å². The number of hydrogen-bond donors (Lipinski definition) is 2. The number of carbonyl (C=O) groups is 2. The Morgan fingerprint density at radius 3 is 2.50 bits per heavy atom. The summed E-state index contributed by atoms with van der Waals surface area (Å²) in [4.78, 5) is 23.4. The van der Waals surface area contributed by atoms with Gasteiger partial charge in [0.05, 0.1) is 12.7 Å². The number of ether oxygens (including phenoxy) is 1. The highest BCUT2D eigenvalue weighted by Gasteiger charge is 2.00. The van der Waals surface area contributed by atoms with Crippen molar-refractivity contribution < 1.29 is 19.2 Å². The molecule has 1 amide bonds. The maximum atomic E-state index is 9.96. The number of amides is 1. The van der Waals surface area contributed by atoms with Crippen molar-refractivity contribution in [1.82, 2.24) is 0 Å². The molecule has 0 unspecified atom stereocenters. The molecule has 0 aliphatic carbocycles. The topological polar surface area (TPSA) is 105 Å². The zero-order valence-electron chi connectivity index (χ0n) is 6.36. The fourth-order valence-corrected chi connectivity index (χ4v) is 0.399. The summed E-state index contributed by atoms with van der Waals surface area (Å²) in [6, 6.07) is 0. The van der Waals surface area contributed by atoms with Gasteiger partial charge < -0.3 is 10.5 Å². The maximum absolute atomic E-state index is 9.96. The zero-order chi connectivity index (χ0) is 9.40. The number of primary amides is 1. The number of rotatable bonds is 2. The summed E-state index contributed by atoms with van der Waals surface area (Å²) in [7, 11) is 0. The lowest BCUT2D eigenvalue weighted by Gasteiger charge is -1.84. The summed E-state index contributed by atoms with van der Waals surface area (Å²) >= 11 is 0. The highest BCUT2D eigenvalue weighted by molar-refractivity contribution is 5.74. The Morgan fingerprint density at radius 2 is 2.42 bits per heavy atom. The van der Waals surface area contributed by atoms with Crippen molar-refractivity contribution in [3.8, 4) is 0 Å². The van der Waals surface area contributed by atoms with Gasteiger partial charge >= 0.3 is 5.97 Å². The van der Waals surface area contributed by atoms with Crippen LogP contribution in [-0.2, 0) is 19.2 Å². The lowest BCUT2D eigenvalue weighted by molar-refractivity contribution is -0.135. The van der Waals surface area contributed by atoms with Crippen molar-refractivity contribution in [2.24, 2.45) is 11.6 Å². The van der Waals surface area contributed by atoms with Gasteiger partial charge in [-0.3, -0.25) is 14.4 Å². The van der Waals surface area contributed by atoms with Crippen molar-refractivity contribution in [3.63, 3.8) is 0 Å². The average Bonchev–Trinajstić information content (AvgIpc) is 2.40. The van der Waals surface area contributed by atoms with E-state index in [1.54, 1.807) is 6.08 Å². The summed E-state index contributed by atoms with van der Waals surface area (Å²) < 4.78 is 4.33. The quantitative estimate of drug-likeness (QED) is 0.404. The molecule has 4 N–H and O–H groups in total. The molecular weight excluding hydrogens is 164 g/mol. The summed E-state index contributed by atoms with van der Waals surface area (Å²) in [5.74, 6) is 3.71. The smallest absolute Gasteiger partial charge is 0.314 e. The van der Waals surface area contributed by atoms with Crippen LogP contribution in [-0.4, -0.2) is 18.5 Å². The van der Waals surface area contributed by atoms with Crippen LogP contribution in [0, 0.1) is 0 Å². The number of esters is 1. The Labute approximate surface area is 69.1 Å². The van der Waals surface area contributed by atoms with Gasteiger partial charge in [-0.1, -0.05) is 0 Å². The van der Waals surface area contributed by atoms with Gasteiger partial charge in [0, 0.05) is 0 Å². The molecule has 0 bridgehead atoms. The van der Waals surface area contributed by atoms with E-state index in [1.165, 1.54) is 6.26 Å². The van der Waals surface area contributed by atoms with Crippen molar-refractivity contribution in [2.75, 3.05) is 6.61 Å². The molecule has 6 nitrogen and oxygen atoms in total. The number of cyclic esters (lactones) is 1. The average molecular weight is 174 g/mol. The van der Waals surface area contributed by atoms with E-state index < -0.39 is 5.91 Å². The minimum absolute atomic E-state index is 0.157. The molecule has 0 aromatic carbocycles. The summed E-state index contributed by atoms with van der Waals surface area (Å²) in [5, 5.41) is 0. The molecule has 0 spiro atoms. The van der Waals surface area contributed by atoms with Crippen LogP contribution in [0.2, 0.25) is 0 Å². The van der Waals surface area contributed by atoms with Crippen LogP contribution in [0.4, 0.5) is 0 Å². The van der Waals surface area contributed by atoms with Crippen LogP contribution in [0.1, 0.15) is 6.42 Å². The van der Waals surface area contributed by atoms with Crippen LogP contribution < -0.4 is 11.6 Å². The highest BCUT2D eigenvalue weighted by atomic mass is 16.6. The Hall–Kier alpha value is -1.40. The van der Waals surface area contributed by atoms with Gasteiger partial charge in [-0.05, 0) is 6.08 Å². The summed E-state index contributed by atoms with van der Waals surface area (Å²) in [6.45, 7) is -0.208.